The van der Waals surface area contributed by atoms with Crippen LogP contribution in [0.4, 0.5) is 0 Å². The number of hydrogen-bond acceptors (Lipinski definition) is 4. The van der Waals surface area contributed by atoms with Crippen molar-refractivity contribution in [1.82, 2.24) is 14.3 Å². The van der Waals surface area contributed by atoms with Gasteiger partial charge in [0, 0.05) is 31.4 Å². The largest absolute Gasteiger partial charge is 0.495 e. The molecular weight excluding hydrogens is 362 g/mol. The van der Waals surface area contributed by atoms with Crippen LogP contribution in [0.15, 0.2) is 47.6 Å². The molecule has 1 N–H and O–H groups in total. The fraction of sp³-hybridized carbons (Fsp3) is 0.235. The summed E-state index contributed by atoms with van der Waals surface area (Å²) in [5, 5.41) is 1.28. The lowest BCUT2D eigenvalue weighted by molar-refractivity contribution is 0.414. The van der Waals surface area contributed by atoms with Gasteiger partial charge in [0.15, 0.2) is 0 Å². The van der Waals surface area contributed by atoms with E-state index in [0.717, 1.165) is 16.6 Å². The number of fused-ring (bicyclic) bond motifs is 1. The fourth-order valence-electron chi connectivity index (χ4n) is 2.71. The van der Waals surface area contributed by atoms with Crippen LogP contribution < -0.4 is 9.46 Å². The Bertz CT molecular complexity index is 1020. The van der Waals surface area contributed by atoms with E-state index in [1.165, 1.54) is 25.3 Å². The minimum atomic E-state index is -3.64. The van der Waals surface area contributed by atoms with Crippen molar-refractivity contribution >= 4 is 32.7 Å². The highest BCUT2D eigenvalue weighted by atomic mass is 35.5. The number of hydrogen-bond donors (Lipinski definition) is 1. The smallest absolute Gasteiger partial charge is 0.240 e. The zero-order valence-corrected chi connectivity index (χ0v) is 15.4. The first-order valence-electron chi connectivity index (χ1n) is 7.64. The summed E-state index contributed by atoms with van der Waals surface area (Å²) in [4.78, 5) is 4.44. The maximum Gasteiger partial charge on any atom is 0.240 e. The first-order chi connectivity index (χ1) is 11.9. The van der Waals surface area contributed by atoms with Crippen molar-refractivity contribution < 1.29 is 13.2 Å². The van der Waals surface area contributed by atoms with Gasteiger partial charge >= 0.3 is 0 Å². The summed E-state index contributed by atoms with van der Waals surface area (Å²) in [7, 11) is -0.239. The summed E-state index contributed by atoms with van der Waals surface area (Å²) >= 11 is 6.01. The molecule has 0 aliphatic rings. The number of halogens is 1. The number of ether oxygens (including phenoxy) is 1. The van der Waals surface area contributed by atoms with Gasteiger partial charge in [-0.3, -0.25) is 0 Å². The zero-order valence-electron chi connectivity index (χ0n) is 13.9. The third kappa shape index (κ3) is 3.63. The summed E-state index contributed by atoms with van der Waals surface area (Å²) in [6.45, 7) is 0.278. The van der Waals surface area contributed by atoms with Crippen LogP contribution in [0.5, 0.6) is 5.75 Å². The number of aromatic nitrogens is 2. The molecule has 0 spiro atoms. The molecule has 0 unspecified atom stereocenters. The van der Waals surface area contributed by atoms with Crippen molar-refractivity contribution in [2.24, 2.45) is 7.05 Å². The molecule has 0 saturated heterocycles. The Balaban J connectivity index is 1.73. The molecule has 0 fully saturated rings. The van der Waals surface area contributed by atoms with Gasteiger partial charge < -0.3 is 9.30 Å². The molecule has 132 valence electrons. The summed E-state index contributed by atoms with van der Waals surface area (Å²) in [5.41, 5.74) is 1.92. The third-order valence-corrected chi connectivity index (χ3v) is 5.69. The van der Waals surface area contributed by atoms with Gasteiger partial charge in [-0.2, -0.15) is 0 Å². The summed E-state index contributed by atoms with van der Waals surface area (Å²) in [5.74, 6) is 0.434. The minimum Gasteiger partial charge on any atom is -0.495 e. The van der Waals surface area contributed by atoms with Crippen molar-refractivity contribution in [3.05, 3.63) is 53.3 Å². The number of benzene rings is 1. The molecule has 0 aliphatic heterocycles. The number of nitrogens with zero attached hydrogens (tertiary/aromatic N) is 2. The van der Waals surface area contributed by atoms with Crippen LogP contribution in [0.1, 0.15) is 5.56 Å². The number of sulfonamides is 1. The molecule has 0 radical (unpaired) electrons. The number of nitrogens with one attached hydrogen (secondary N) is 1. The Morgan fingerprint density at radius 1 is 1.32 bits per heavy atom. The van der Waals surface area contributed by atoms with Crippen molar-refractivity contribution in [2.45, 2.75) is 11.3 Å². The van der Waals surface area contributed by atoms with E-state index in [-0.39, 0.29) is 16.5 Å². The molecule has 0 amide bonds. The molecule has 3 rings (SSSR count). The quantitative estimate of drug-likeness (QED) is 0.714. The lowest BCUT2D eigenvalue weighted by Crippen LogP contribution is -2.26. The van der Waals surface area contributed by atoms with Crippen LogP contribution in [-0.4, -0.2) is 31.6 Å². The lowest BCUT2D eigenvalue weighted by atomic mass is 10.2. The Morgan fingerprint density at radius 3 is 2.84 bits per heavy atom. The van der Waals surface area contributed by atoms with Gasteiger partial charge in [-0.1, -0.05) is 11.6 Å². The molecule has 0 saturated carbocycles. The minimum absolute atomic E-state index is 0.109. The summed E-state index contributed by atoms with van der Waals surface area (Å²) < 4.78 is 34.4. The molecule has 0 aliphatic carbocycles. The standard InChI is InChI=1S/C17H18ClN3O3S/c1-21-11-12(14-4-3-8-19-17(14)21)7-9-20-25(22,23)13-5-6-16(24-2)15(18)10-13/h3-6,8,10-11,20H,7,9H2,1-2H3. The van der Waals surface area contributed by atoms with E-state index in [4.69, 9.17) is 16.3 Å². The zero-order chi connectivity index (χ0) is 18.0. The van der Waals surface area contributed by atoms with E-state index in [2.05, 4.69) is 9.71 Å². The molecule has 0 atom stereocenters. The lowest BCUT2D eigenvalue weighted by Gasteiger charge is -2.08. The van der Waals surface area contributed by atoms with E-state index in [9.17, 15) is 8.42 Å². The average Bonchev–Trinajstić information content (AvgIpc) is 2.91. The average molecular weight is 380 g/mol. The van der Waals surface area contributed by atoms with Gasteiger partial charge in [0.2, 0.25) is 10.0 Å². The number of pyridine rings is 1. The molecule has 6 nitrogen and oxygen atoms in total. The van der Waals surface area contributed by atoms with Gasteiger partial charge in [0.25, 0.3) is 0 Å². The van der Waals surface area contributed by atoms with Crippen LogP contribution in [0.25, 0.3) is 11.0 Å². The van der Waals surface area contributed by atoms with Gasteiger partial charge in [0.1, 0.15) is 11.4 Å². The predicted molar refractivity (Wildman–Crippen MR) is 97.6 cm³/mol. The highest BCUT2D eigenvalue weighted by Crippen LogP contribution is 2.27. The van der Waals surface area contributed by atoms with Crippen LogP contribution in [0, 0.1) is 0 Å². The van der Waals surface area contributed by atoms with E-state index in [1.54, 1.807) is 6.20 Å². The van der Waals surface area contributed by atoms with Crippen molar-refractivity contribution in [1.29, 1.82) is 0 Å². The SMILES string of the molecule is COc1ccc(S(=O)(=O)NCCc2cn(C)c3ncccc23)cc1Cl. The Labute approximate surface area is 151 Å². The maximum atomic E-state index is 12.4. The second-order valence-electron chi connectivity index (χ2n) is 5.58. The van der Waals surface area contributed by atoms with Crippen LogP contribution in [0.3, 0.4) is 0 Å². The summed E-state index contributed by atoms with van der Waals surface area (Å²) in [6.07, 6.45) is 4.27. The molecule has 8 heteroatoms. The van der Waals surface area contributed by atoms with Crippen molar-refractivity contribution in [3.8, 4) is 5.75 Å². The number of methoxy groups -OCH3 is 1. The fourth-order valence-corrected chi connectivity index (χ4v) is 4.09. The second-order valence-corrected chi connectivity index (χ2v) is 7.76. The molecule has 25 heavy (non-hydrogen) atoms. The van der Waals surface area contributed by atoms with E-state index in [0.29, 0.717) is 12.2 Å². The van der Waals surface area contributed by atoms with Gasteiger partial charge in [-0.05, 0) is 42.3 Å². The monoisotopic (exact) mass is 379 g/mol. The first kappa shape index (κ1) is 17.7. The molecular formula is C17H18ClN3O3S. The molecule has 1 aromatic carbocycles. The van der Waals surface area contributed by atoms with E-state index >= 15 is 0 Å². The Hall–Kier alpha value is -2.09. The van der Waals surface area contributed by atoms with E-state index < -0.39 is 10.0 Å². The Morgan fingerprint density at radius 2 is 2.12 bits per heavy atom. The molecule has 3 aromatic rings. The second kappa shape index (κ2) is 7.03. The highest BCUT2D eigenvalue weighted by Gasteiger charge is 2.16. The third-order valence-electron chi connectivity index (χ3n) is 3.94. The normalized spacial score (nSPS) is 11.8. The molecule has 0 bridgehead atoms. The number of aryl methyl sites for hydroxylation is 1. The predicted octanol–water partition coefficient (Wildman–Crippen LogP) is 2.76. The first-order valence-corrected chi connectivity index (χ1v) is 9.50. The van der Waals surface area contributed by atoms with Crippen molar-refractivity contribution in [2.75, 3.05) is 13.7 Å². The molecule has 2 heterocycles. The number of rotatable bonds is 6. The summed E-state index contributed by atoms with van der Waals surface area (Å²) in [6, 6.07) is 8.23. The van der Waals surface area contributed by atoms with Crippen LogP contribution in [-0.2, 0) is 23.5 Å². The molecule has 2 aromatic heterocycles. The van der Waals surface area contributed by atoms with Gasteiger partial charge in [-0.15, -0.1) is 0 Å². The topological polar surface area (TPSA) is 73.2 Å². The van der Waals surface area contributed by atoms with Crippen molar-refractivity contribution in [3.63, 3.8) is 0 Å². The van der Waals surface area contributed by atoms with E-state index in [1.807, 2.05) is 29.9 Å². The van der Waals surface area contributed by atoms with Gasteiger partial charge in [0.05, 0.1) is 17.0 Å². The highest BCUT2D eigenvalue weighted by molar-refractivity contribution is 7.89. The van der Waals surface area contributed by atoms with Gasteiger partial charge in [-0.25, -0.2) is 18.1 Å². The van der Waals surface area contributed by atoms with Crippen LogP contribution >= 0.6 is 11.6 Å². The van der Waals surface area contributed by atoms with Crippen LogP contribution in [0.2, 0.25) is 5.02 Å². The maximum absolute atomic E-state index is 12.4. The Kier molecular flexibility index (Phi) is 4.99.